The van der Waals surface area contributed by atoms with Gasteiger partial charge in [0.05, 0.1) is 41.7 Å². The molecule has 52 heavy (non-hydrogen) atoms. The molecule has 0 unspecified atom stereocenters. The Balaban J connectivity index is 0.000000462. The van der Waals surface area contributed by atoms with E-state index < -0.39 is 27.8 Å². The summed E-state index contributed by atoms with van der Waals surface area (Å²) in [5.41, 5.74) is 2.05. The summed E-state index contributed by atoms with van der Waals surface area (Å²) < 4.78 is 69.5. The third-order valence-electron chi connectivity index (χ3n) is 7.21. The van der Waals surface area contributed by atoms with E-state index in [1.165, 1.54) is 53.1 Å². The molecule has 284 valence electrons. The van der Waals surface area contributed by atoms with Gasteiger partial charge in [0.2, 0.25) is 0 Å². The number of carbonyl (C=O) groups is 2. The molecule has 0 bridgehead atoms. The molecule has 0 saturated heterocycles. The fourth-order valence-corrected chi connectivity index (χ4v) is 8.46. The minimum Gasteiger partial charge on any atom is -0.496 e. The largest absolute Gasteiger partial charge is 0.496 e. The molecule has 0 radical (unpaired) electrons. The Morgan fingerprint density at radius 2 is 0.885 bits per heavy atom. The highest BCUT2D eigenvalue weighted by Crippen LogP contribution is 2.36. The Hall–Kier alpha value is -0.526. The number of methoxy groups -OCH3 is 2. The van der Waals surface area contributed by atoms with E-state index >= 15 is 0 Å². The fourth-order valence-electron chi connectivity index (χ4n) is 4.80. The number of hydrogen-bond acceptors (Lipinski definition) is 4. The van der Waals surface area contributed by atoms with E-state index in [0.717, 1.165) is 0 Å². The van der Waals surface area contributed by atoms with Gasteiger partial charge in [-0.15, -0.1) is 23.2 Å². The lowest BCUT2D eigenvalue weighted by atomic mass is 9.99. The predicted molar refractivity (Wildman–Crippen MR) is 248 cm³/mol. The highest BCUT2D eigenvalue weighted by atomic mass is 127. The van der Waals surface area contributed by atoms with Crippen LogP contribution in [-0.4, -0.2) is 50.7 Å². The zero-order chi connectivity index (χ0) is 40.1. The van der Waals surface area contributed by atoms with E-state index in [4.69, 9.17) is 32.7 Å². The van der Waals surface area contributed by atoms with E-state index in [2.05, 4.69) is 45.2 Å². The van der Waals surface area contributed by atoms with Crippen molar-refractivity contribution in [2.24, 2.45) is 0 Å². The molecule has 0 saturated carbocycles. The normalized spacial score (nSPS) is 10.8. The zero-order valence-electron chi connectivity index (χ0n) is 29.6. The predicted octanol–water partition coefficient (Wildman–Crippen LogP) is 12.4. The molecule has 4 rings (SSSR count). The lowest BCUT2D eigenvalue weighted by Crippen LogP contribution is -2.40. The van der Waals surface area contributed by atoms with Crippen LogP contribution < -0.4 is 19.8 Å². The van der Waals surface area contributed by atoms with Gasteiger partial charge in [-0.3, -0.25) is 9.59 Å². The average molecular weight is 1250 g/mol. The Bertz CT molecular complexity index is 1860. The first-order valence-corrected chi connectivity index (χ1v) is 28.4. The monoisotopic (exact) mass is 1240 g/mol. The summed E-state index contributed by atoms with van der Waals surface area (Å²) in [6.45, 7) is 12.2. The van der Waals surface area contributed by atoms with E-state index in [1.807, 2.05) is 61.9 Å². The van der Waals surface area contributed by atoms with Gasteiger partial charge < -0.3 is 9.47 Å². The van der Waals surface area contributed by atoms with Gasteiger partial charge in [-0.2, -0.15) is 0 Å². The summed E-state index contributed by atoms with van der Waals surface area (Å²) in [5.74, 6) is -0.774. The standard InChI is InChI=1S/C20H26F2O2Si2.C14H8F2I2O2.CH2Cl2.CH2I2/c1-24-18-11-20(26(5,6)7)17(22)10-15(18)14-9-16(21)19(25(2,3)4)8-13(14)12-23;1-20-14-5-13(18)11(16)4-9(14)8-3-10(15)12(17)2-7(8)6-19;2*2-1-3/h8-12H,1-7H3;2-6H,1H3;2*1H2. The highest BCUT2D eigenvalue weighted by Gasteiger charge is 2.27. The Morgan fingerprint density at radius 3 is 1.27 bits per heavy atom. The molecule has 0 aromatic heterocycles. The van der Waals surface area contributed by atoms with Crippen molar-refractivity contribution in [3.05, 3.63) is 90.1 Å². The molecule has 0 atom stereocenters. The van der Waals surface area contributed by atoms with Crippen molar-refractivity contribution in [1.29, 1.82) is 0 Å². The zero-order valence-corrected chi connectivity index (χ0v) is 41.7. The van der Waals surface area contributed by atoms with Crippen LogP contribution in [0, 0.1) is 30.4 Å². The quantitative estimate of drug-likeness (QED) is 0.0580. The summed E-state index contributed by atoms with van der Waals surface area (Å²) in [7, 11) is -0.920. The summed E-state index contributed by atoms with van der Waals surface area (Å²) >= 11 is 17.7. The van der Waals surface area contributed by atoms with Gasteiger partial charge in [0, 0.05) is 25.8 Å². The van der Waals surface area contributed by atoms with Crippen molar-refractivity contribution in [1.82, 2.24) is 0 Å². The molecule has 0 heterocycles. The van der Waals surface area contributed by atoms with Crippen molar-refractivity contribution >= 4 is 153 Å². The minimum absolute atomic E-state index is 0.194. The molecule has 0 aliphatic heterocycles. The van der Waals surface area contributed by atoms with Gasteiger partial charge in [-0.1, -0.05) is 84.5 Å². The first-order chi connectivity index (χ1) is 24.2. The summed E-state index contributed by atoms with van der Waals surface area (Å²) in [6, 6.07) is 11.4. The van der Waals surface area contributed by atoms with Crippen LogP contribution in [0.2, 0.25) is 39.3 Å². The van der Waals surface area contributed by atoms with Crippen molar-refractivity contribution in [3.63, 3.8) is 0 Å². The molecule has 16 heteroatoms. The van der Waals surface area contributed by atoms with Gasteiger partial charge in [0.1, 0.15) is 34.8 Å². The smallest absolute Gasteiger partial charge is 0.150 e. The second kappa shape index (κ2) is 22.9. The molecule has 0 fully saturated rings. The van der Waals surface area contributed by atoms with Gasteiger partial charge in [0.25, 0.3) is 0 Å². The van der Waals surface area contributed by atoms with Crippen LogP contribution in [0.25, 0.3) is 22.3 Å². The van der Waals surface area contributed by atoms with Gasteiger partial charge >= 0.3 is 0 Å². The first-order valence-electron chi connectivity index (χ1n) is 15.1. The van der Waals surface area contributed by atoms with Crippen LogP contribution in [-0.2, 0) is 0 Å². The molecule has 4 aromatic carbocycles. The van der Waals surface area contributed by atoms with Gasteiger partial charge in [0.15, 0.2) is 12.6 Å². The van der Waals surface area contributed by atoms with E-state index in [-0.39, 0.29) is 22.5 Å². The highest BCUT2D eigenvalue weighted by molar-refractivity contribution is 14.2. The van der Waals surface area contributed by atoms with Crippen LogP contribution in [0.15, 0.2) is 48.5 Å². The molecule has 0 aliphatic rings. The number of rotatable bonds is 8. The number of halogens is 10. The molecule has 0 N–H and O–H groups in total. The molecule has 0 aliphatic carbocycles. The maximum absolute atomic E-state index is 14.8. The molecular formula is C36H38Cl2F4I4O4Si2. The lowest BCUT2D eigenvalue weighted by Gasteiger charge is -2.22. The third-order valence-corrected chi connectivity index (χ3v) is 12.9. The Labute approximate surface area is 370 Å². The van der Waals surface area contributed by atoms with Crippen molar-refractivity contribution < 1.29 is 36.6 Å². The number of aldehydes is 2. The second-order valence-electron chi connectivity index (χ2n) is 12.7. The number of alkyl halides is 4. The first kappa shape index (κ1) is 49.5. The molecule has 4 nitrogen and oxygen atoms in total. The molecular weight excluding hydrogens is 1210 g/mol. The topological polar surface area (TPSA) is 52.6 Å². The van der Waals surface area contributed by atoms with Crippen molar-refractivity contribution in [2.45, 2.75) is 39.3 Å². The summed E-state index contributed by atoms with van der Waals surface area (Å²) in [6.07, 6.45) is 1.31. The Morgan fingerprint density at radius 1 is 0.577 bits per heavy atom. The molecule has 4 aromatic rings. The van der Waals surface area contributed by atoms with Gasteiger partial charge in [-0.05, 0) is 115 Å². The van der Waals surface area contributed by atoms with Crippen LogP contribution in [0.3, 0.4) is 0 Å². The maximum Gasteiger partial charge on any atom is 0.150 e. The molecule has 0 amide bonds. The second-order valence-corrected chi connectivity index (χ2v) is 30.4. The minimum atomic E-state index is -1.95. The lowest BCUT2D eigenvalue weighted by molar-refractivity contribution is 0.111. The van der Waals surface area contributed by atoms with Crippen LogP contribution in [0.5, 0.6) is 11.5 Å². The van der Waals surface area contributed by atoms with Crippen LogP contribution in [0.4, 0.5) is 17.6 Å². The van der Waals surface area contributed by atoms with Gasteiger partial charge in [-0.25, -0.2) is 17.6 Å². The number of carbonyl (C=O) groups excluding carboxylic acids is 2. The van der Waals surface area contributed by atoms with E-state index in [1.54, 1.807) is 34.7 Å². The van der Waals surface area contributed by atoms with E-state index in [0.29, 0.717) is 69.4 Å². The number of ether oxygens (including phenoxy) is 2. The number of benzene rings is 4. The van der Waals surface area contributed by atoms with E-state index in [9.17, 15) is 27.2 Å². The summed E-state index contributed by atoms with van der Waals surface area (Å²) in [4.78, 5) is 22.8. The van der Waals surface area contributed by atoms with Crippen LogP contribution in [0.1, 0.15) is 20.7 Å². The van der Waals surface area contributed by atoms with Crippen molar-refractivity contribution in [2.75, 3.05) is 22.0 Å². The molecule has 0 spiro atoms. The fraction of sp³-hybridized carbons (Fsp3) is 0.278. The SMILES string of the molecule is COc1cc(I)c(F)cc1-c1cc(F)c(I)cc1C=O.COc1cc([Si](C)(C)C)c(F)cc1-c1cc(F)c([Si](C)(C)C)cc1C=O.ClCCl.ICI. The Kier molecular flexibility index (Phi) is 21.8. The van der Waals surface area contributed by atoms with Crippen molar-refractivity contribution in [3.8, 4) is 33.8 Å². The third kappa shape index (κ3) is 13.9. The summed E-state index contributed by atoms with van der Waals surface area (Å²) in [5, 5.41) is 1.42. The van der Waals surface area contributed by atoms with Crippen LogP contribution >= 0.6 is 114 Å². The number of hydrogen-bond donors (Lipinski definition) is 0. The average Bonchev–Trinajstić information content (AvgIpc) is 3.06. The maximum atomic E-state index is 14.8.